The quantitative estimate of drug-likeness (QED) is 0.642. The van der Waals surface area contributed by atoms with Gasteiger partial charge in [-0.1, -0.05) is 33.4 Å². The summed E-state index contributed by atoms with van der Waals surface area (Å²) in [6.45, 7) is 11.4. The molecule has 2 heterocycles. The molecule has 1 aromatic carbocycles. The standard InChI is InChI=1S/C18H16F2N2.C2H7N.C2H6/c1-4-12-9-13(19)17(14(20)10-12)18-15(5-2)22-7-6-11(3)8-16(22)21-18;1-3-2;1-2/h4,6-10H,1,5H2,2-3H3;3H,1-2H3;1-2H3. The number of halogens is 2. The summed E-state index contributed by atoms with van der Waals surface area (Å²) in [5.41, 5.74) is 3.23. The lowest BCUT2D eigenvalue weighted by Gasteiger charge is -2.06. The number of pyridine rings is 1. The number of rotatable bonds is 3. The number of hydrogen-bond acceptors (Lipinski definition) is 2. The van der Waals surface area contributed by atoms with Crippen molar-refractivity contribution >= 4 is 11.7 Å². The average molecular weight is 373 g/mol. The fourth-order valence-corrected chi connectivity index (χ4v) is 2.67. The van der Waals surface area contributed by atoms with Crippen LogP contribution >= 0.6 is 0 Å². The third kappa shape index (κ3) is 5.01. The van der Waals surface area contributed by atoms with Crippen molar-refractivity contribution in [3.05, 3.63) is 65.5 Å². The smallest absolute Gasteiger partial charge is 0.137 e. The van der Waals surface area contributed by atoms with Crippen LogP contribution in [0.25, 0.3) is 23.0 Å². The Hall–Kier alpha value is -2.53. The Balaban J connectivity index is 0.000000665. The van der Waals surface area contributed by atoms with Crippen LogP contribution in [0.15, 0.2) is 37.0 Å². The molecule has 0 fully saturated rings. The summed E-state index contributed by atoms with van der Waals surface area (Å²) >= 11 is 0. The van der Waals surface area contributed by atoms with E-state index in [0.717, 1.165) is 11.3 Å². The number of hydrogen-bond donors (Lipinski definition) is 1. The van der Waals surface area contributed by atoms with Crippen molar-refractivity contribution in [2.45, 2.75) is 34.1 Å². The monoisotopic (exact) mass is 373 g/mol. The molecule has 0 atom stereocenters. The van der Waals surface area contributed by atoms with Crippen LogP contribution in [0.3, 0.4) is 0 Å². The number of fused-ring (bicyclic) bond motifs is 1. The van der Waals surface area contributed by atoms with Gasteiger partial charge >= 0.3 is 0 Å². The van der Waals surface area contributed by atoms with E-state index in [-0.39, 0.29) is 5.56 Å². The van der Waals surface area contributed by atoms with Crippen LogP contribution < -0.4 is 5.32 Å². The van der Waals surface area contributed by atoms with Crippen molar-refractivity contribution in [2.24, 2.45) is 0 Å². The van der Waals surface area contributed by atoms with Crippen molar-refractivity contribution in [2.75, 3.05) is 14.1 Å². The normalized spacial score (nSPS) is 9.93. The Morgan fingerprint density at radius 1 is 1.15 bits per heavy atom. The second kappa shape index (κ2) is 10.6. The molecule has 3 nitrogen and oxygen atoms in total. The van der Waals surface area contributed by atoms with Gasteiger partial charge in [0.15, 0.2) is 0 Å². The lowest BCUT2D eigenvalue weighted by Crippen LogP contribution is -1.97. The lowest BCUT2D eigenvalue weighted by atomic mass is 10.0. The number of nitrogens with zero attached hydrogens (tertiary/aromatic N) is 2. The first-order valence-electron chi connectivity index (χ1n) is 9.14. The van der Waals surface area contributed by atoms with Crippen LogP contribution in [0, 0.1) is 18.6 Å². The Labute approximate surface area is 160 Å². The molecule has 3 aromatic rings. The maximum absolute atomic E-state index is 14.4. The highest BCUT2D eigenvalue weighted by Crippen LogP contribution is 2.31. The highest BCUT2D eigenvalue weighted by molar-refractivity contribution is 5.69. The molecule has 0 aliphatic rings. The van der Waals surface area contributed by atoms with E-state index in [1.54, 1.807) is 0 Å². The second-order valence-electron chi connectivity index (χ2n) is 5.76. The molecule has 3 rings (SSSR count). The van der Waals surface area contributed by atoms with Crippen molar-refractivity contribution in [1.82, 2.24) is 14.7 Å². The third-order valence-electron chi connectivity index (χ3n) is 3.75. The molecular formula is C22H29F2N3. The molecule has 27 heavy (non-hydrogen) atoms. The minimum atomic E-state index is -0.621. The maximum atomic E-state index is 14.4. The average Bonchev–Trinajstić information content (AvgIpc) is 3.00. The highest BCUT2D eigenvalue weighted by Gasteiger charge is 2.20. The van der Waals surface area contributed by atoms with Gasteiger partial charge in [0, 0.05) is 6.20 Å². The molecule has 0 bridgehead atoms. The first kappa shape index (κ1) is 22.5. The fraction of sp³-hybridized carbons (Fsp3) is 0.318. The van der Waals surface area contributed by atoms with Gasteiger partial charge in [0.1, 0.15) is 17.3 Å². The van der Waals surface area contributed by atoms with Crippen molar-refractivity contribution in [3.63, 3.8) is 0 Å². The van der Waals surface area contributed by atoms with Gasteiger partial charge in [-0.2, -0.15) is 0 Å². The molecule has 0 unspecified atom stereocenters. The van der Waals surface area contributed by atoms with E-state index in [2.05, 4.69) is 16.9 Å². The molecule has 0 radical (unpaired) electrons. The summed E-state index contributed by atoms with van der Waals surface area (Å²) in [6.07, 6.45) is 3.93. The minimum Gasteiger partial charge on any atom is -0.323 e. The van der Waals surface area contributed by atoms with Crippen LogP contribution in [-0.4, -0.2) is 23.5 Å². The summed E-state index contributed by atoms with van der Waals surface area (Å²) in [6, 6.07) is 6.40. The van der Waals surface area contributed by atoms with E-state index < -0.39 is 11.6 Å². The Morgan fingerprint density at radius 2 is 1.70 bits per heavy atom. The van der Waals surface area contributed by atoms with E-state index in [1.165, 1.54) is 18.2 Å². The van der Waals surface area contributed by atoms with Gasteiger partial charge in [-0.05, 0) is 62.8 Å². The predicted octanol–water partition coefficient (Wildman–Crippen LogP) is 5.66. The van der Waals surface area contributed by atoms with Gasteiger partial charge in [-0.15, -0.1) is 0 Å². The third-order valence-corrected chi connectivity index (χ3v) is 3.75. The summed E-state index contributed by atoms with van der Waals surface area (Å²) in [7, 11) is 3.75. The first-order chi connectivity index (χ1) is 13.0. The number of aromatic nitrogens is 2. The predicted molar refractivity (Wildman–Crippen MR) is 111 cm³/mol. The lowest BCUT2D eigenvalue weighted by molar-refractivity contribution is 0.588. The van der Waals surface area contributed by atoms with Crippen molar-refractivity contribution in [1.29, 1.82) is 0 Å². The van der Waals surface area contributed by atoms with Gasteiger partial charge in [0.25, 0.3) is 0 Å². The zero-order valence-corrected chi connectivity index (χ0v) is 17.0. The van der Waals surface area contributed by atoms with Crippen molar-refractivity contribution < 1.29 is 8.78 Å². The Kier molecular flexibility index (Phi) is 8.82. The van der Waals surface area contributed by atoms with Gasteiger partial charge in [0.2, 0.25) is 0 Å². The second-order valence-corrected chi connectivity index (χ2v) is 5.76. The molecule has 5 heteroatoms. The largest absolute Gasteiger partial charge is 0.323 e. The molecule has 0 aliphatic carbocycles. The number of imidazole rings is 1. The molecule has 2 aromatic heterocycles. The minimum absolute atomic E-state index is 0.0798. The van der Waals surface area contributed by atoms with E-state index >= 15 is 0 Å². The first-order valence-corrected chi connectivity index (χ1v) is 9.14. The van der Waals surface area contributed by atoms with Gasteiger partial charge < -0.3 is 9.72 Å². The number of benzene rings is 1. The van der Waals surface area contributed by atoms with Crippen molar-refractivity contribution in [3.8, 4) is 11.3 Å². The summed E-state index contributed by atoms with van der Waals surface area (Å²) in [5, 5.41) is 2.75. The molecule has 146 valence electrons. The summed E-state index contributed by atoms with van der Waals surface area (Å²) in [5.74, 6) is -1.24. The Bertz CT molecular complexity index is 875. The molecule has 0 saturated heterocycles. The van der Waals surface area contributed by atoms with E-state index in [9.17, 15) is 8.78 Å². The van der Waals surface area contributed by atoms with Gasteiger partial charge in [0.05, 0.1) is 17.0 Å². The molecule has 0 saturated carbocycles. The van der Waals surface area contributed by atoms with Crippen LogP contribution in [0.2, 0.25) is 0 Å². The van der Waals surface area contributed by atoms with Gasteiger partial charge in [-0.3, -0.25) is 0 Å². The molecule has 0 aliphatic heterocycles. The zero-order chi connectivity index (χ0) is 20.6. The molecule has 0 spiro atoms. The topological polar surface area (TPSA) is 29.3 Å². The van der Waals surface area contributed by atoms with Crippen LogP contribution in [0.1, 0.15) is 37.6 Å². The fourth-order valence-electron chi connectivity index (χ4n) is 2.67. The zero-order valence-electron chi connectivity index (χ0n) is 17.0. The number of aryl methyl sites for hydroxylation is 2. The van der Waals surface area contributed by atoms with E-state index in [4.69, 9.17) is 0 Å². The SMILES string of the molecule is C=Cc1cc(F)c(-c2nc3cc(C)ccn3c2CC)c(F)c1.CC.CNC. The highest BCUT2D eigenvalue weighted by atomic mass is 19.1. The summed E-state index contributed by atoms with van der Waals surface area (Å²) < 4.78 is 30.6. The maximum Gasteiger partial charge on any atom is 0.137 e. The number of nitrogens with one attached hydrogen (secondary N) is 1. The van der Waals surface area contributed by atoms with Crippen LogP contribution in [-0.2, 0) is 6.42 Å². The van der Waals surface area contributed by atoms with E-state index in [0.29, 0.717) is 23.3 Å². The van der Waals surface area contributed by atoms with Gasteiger partial charge in [-0.25, -0.2) is 13.8 Å². The molecule has 1 N–H and O–H groups in total. The molecular weight excluding hydrogens is 344 g/mol. The van der Waals surface area contributed by atoms with Crippen LogP contribution in [0.4, 0.5) is 8.78 Å². The Morgan fingerprint density at radius 3 is 2.19 bits per heavy atom. The molecule has 0 amide bonds. The van der Waals surface area contributed by atoms with E-state index in [1.807, 2.05) is 64.5 Å². The van der Waals surface area contributed by atoms with Crippen LogP contribution in [0.5, 0.6) is 0 Å². The summed E-state index contributed by atoms with van der Waals surface area (Å²) in [4.78, 5) is 4.45.